The molecular weight excluding hydrogens is 274 g/mol. The smallest absolute Gasteiger partial charge is 0.257 e. The third-order valence-corrected chi connectivity index (χ3v) is 4.15. The monoisotopic (exact) mass is 295 g/mol. The van der Waals surface area contributed by atoms with E-state index >= 15 is 0 Å². The Kier molecular flexibility index (Phi) is 4.42. The maximum absolute atomic E-state index is 12.9. The quantitative estimate of drug-likeness (QED) is 0.834. The predicted molar refractivity (Wildman–Crippen MR) is 87.3 cm³/mol. The molecular formula is C19H21NO2. The second kappa shape index (κ2) is 6.65. The molecule has 0 aromatic heterocycles. The van der Waals surface area contributed by atoms with E-state index in [1.807, 2.05) is 59.5 Å². The summed E-state index contributed by atoms with van der Waals surface area (Å²) < 4.78 is 5.91. The summed E-state index contributed by atoms with van der Waals surface area (Å²) >= 11 is 0. The number of ether oxygens (including phenoxy) is 1. The van der Waals surface area contributed by atoms with Crippen LogP contribution < -0.4 is 4.74 Å². The van der Waals surface area contributed by atoms with Gasteiger partial charge in [0.15, 0.2) is 0 Å². The van der Waals surface area contributed by atoms with Crippen molar-refractivity contribution in [3.05, 3.63) is 60.2 Å². The number of likely N-dealkylation sites (tertiary alicyclic amines) is 1. The third kappa shape index (κ3) is 3.14. The van der Waals surface area contributed by atoms with Gasteiger partial charge >= 0.3 is 0 Å². The van der Waals surface area contributed by atoms with Gasteiger partial charge in [0.2, 0.25) is 0 Å². The lowest BCUT2D eigenvalue weighted by molar-refractivity contribution is 0.0633. The van der Waals surface area contributed by atoms with Crippen LogP contribution in [0.1, 0.15) is 36.5 Å². The largest absolute Gasteiger partial charge is 0.457 e. The summed E-state index contributed by atoms with van der Waals surface area (Å²) in [4.78, 5) is 14.8. The number of carbonyl (C=O) groups excluding carboxylic acids is 1. The molecule has 2 aromatic carbocycles. The molecule has 0 saturated carbocycles. The maximum Gasteiger partial charge on any atom is 0.257 e. The second-order valence-electron chi connectivity index (χ2n) is 5.75. The molecule has 3 heteroatoms. The third-order valence-electron chi connectivity index (χ3n) is 4.15. The van der Waals surface area contributed by atoms with Crippen LogP contribution in [0.2, 0.25) is 0 Å². The zero-order chi connectivity index (χ0) is 15.4. The molecule has 2 aromatic rings. The minimum Gasteiger partial charge on any atom is -0.457 e. The van der Waals surface area contributed by atoms with E-state index in [2.05, 4.69) is 6.92 Å². The number of piperidine rings is 1. The van der Waals surface area contributed by atoms with Gasteiger partial charge in [-0.25, -0.2) is 0 Å². The van der Waals surface area contributed by atoms with Crippen molar-refractivity contribution in [3.8, 4) is 11.5 Å². The van der Waals surface area contributed by atoms with Crippen molar-refractivity contribution in [2.45, 2.75) is 32.2 Å². The highest BCUT2D eigenvalue weighted by molar-refractivity contribution is 5.97. The van der Waals surface area contributed by atoms with E-state index in [1.165, 1.54) is 6.42 Å². The molecule has 0 radical (unpaired) electrons. The van der Waals surface area contributed by atoms with Crippen molar-refractivity contribution < 1.29 is 9.53 Å². The van der Waals surface area contributed by atoms with Crippen LogP contribution in [-0.2, 0) is 0 Å². The maximum atomic E-state index is 12.9. The molecule has 22 heavy (non-hydrogen) atoms. The molecule has 1 aliphatic heterocycles. The zero-order valence-electron chi connectivity index (χ0n) is 12.9. The Bertz CT molecular complexity index is 639. The first kappa shape index (κ1) is 14.6. The fourth-order valence-corrected chi connectivity index (χ4v) is 2.90. The van der Waals surface area contributed by atoms with Crippen LogP contribution in [-0.4, -0.2) is 23.4 Å². The summed E-state index contributed by atoms with van der Waals surface area (Å²) in [6.45, 7) is 2.96. The first-order valence-electron chi connectivity index (χ1n) is 7.88. The number of hydrogen-bond acceptors (Lipinski definition) is 2. The molecule has 1 saturated heterocycles. The summed E-state index contributed by atoms with van der Waals surface area (Å²) in [5, 5.41) is 0. The normalized spacial score (nSPS) is 18.0. The number of hydrogen-bond donors (Lipinski definition) is 0. The number of amides is 1. The second-order valence-corrected chi connectivity index (χ2v) is 5.75. The average Bonchev–Trinajstić information content (AvgIpc) is 2.56. The fraction of sp³-hybridized carbons (Fsp3) is 0.316. The van der Waals surface area contributed by atoms with Crippen molar-refractivity contribution in [2.24, 2.45) is 0 Å². The van der Waals surface area contributed by atoms with E-state index in [-0.39, 0.29) is 5.91 Å². The Hall–Kier alpha value is -2.29. The number of nitrogens with zero attached hydrogens (tertiary/aromatic N) is 1. The van der Waals surface area contributed by atoms with E-state index in [9.17, 15) is 4.79 Å². The highest BCUT2D eigenvalue weighted by Crippen LogP contribution is 2.28. The van der Waals surface area contributed by atoms with Gasteiger partial charge in [0, 0.05) is 12.6 Å². The van der Waals surface area contributed by atoms with Gasteiger partial charge in [0.1, 0.15) is 11.5 Å². The van der Waals surface area contributed by atoms with E-state index in [4.69, 9.17) is 4.74 Å². The Balaban J connectivity index is 1.86. The summed E-state index contributed by atoms with van der Waals surface area (Å²) in [5.41, 5.74) is 0.639. The minimum atomic E-state index is 0.0683. The standard InChI is InChI=1S/C19H21NO2/c1-15-9-7-8-14-20(15)19(21)17-12-5-6-13-18(17)22-16-10-3-2-4-11-16/h2-6,10-13,15H,7-9,14H2,1H3. The summed E-state index contributed by atoms with van der Waals surface area (Å²) in [6, 6.07) is 17.4. The van der Waals surface area contributed by atoms with Crippen molar-refractivity contribution in [2.75, 3.05) is 6.54 Å². The molecule has 1 amide bonds. The molecule has 0 N–H and O–H groups in total. The predicted octanol–water partition coefficient (Wildman–Crippen LogP) is 4.49. The van der Waals surface area contributed by atoms with Gasteiger partial charge in [0.05, 0.1) is 5.56 Å². The molecule has 0 aliphatic carbocycles. The van der Waals surface area contributed by atoms with Gasteiger partial charge in [-0.2, -0.15) is 0 Å². The lowest BCUT2D eigenvalue weighted by Crippen LogP contribution is -2.42. The van der Waals surface area contributed by atoms with Crippen LogP contribution >= 0.6 is 0 Å². The highest BCUT2D eigenvalue weighted by Gasteiger charge is 2.26. The van der Waals surface area contributed by atoms with Crippen molar-refractivity contribution in [1.82, 2.24) is 4.90 Å². The van der Waals surface area contributed by atoms with Gasteiger partial charge in [-0.3, -0.25) is 4.79 Å². The van der Waals surface area contributed by atoms with Crippen LogP contribution in [0, 0.1) is 0 Å². The number of carbonyl (C=O) groups is 1. The summed E-state index contributed by atoms with van der Waals surface area (Å²) in [6.07, 6.45) is 3.36. The van der Waals surface area contributed by atoms with Gasteiger partial charge in [-0.15, -0.1) is 0 Å². The van der Waals surface area contributed by atoms with E-state index in [0.29, 0.717) is 17.4 Å². The van der Waals surface area contributed by atoms with E-state index in [1.54, 1.807) is 0 Å². The molecule has 1 aliphatic rings. The molecule has 0 bridgehead atoms. The molecule has 1 unspecified atom stereocenters. The van der Waals surface area contributed by atoms with Crippen molar-refractivity contribution in [1.29, 1.82) is 0 Å². The van der Waals surface area contributed by atoms with Crippen LogP contribution in [0.15, 0.2) is 54.6 Å². The molecule has 1 heterocycles. The first-order chi connectivity index (χ1) is 10.8. The molecule has 114 valence electrons. The zero-order valence-corrected chi connectivity index (χ0v) is 12.9. The Labute approximate surface area is 131 Å². The van der Waals surface area contributed by atoms with E-state index in [0.717, 1.165) is 25.1 Å². The summed E-state index contributed by atoms with van der Waals surface area (Å²) in [7, 11) is 0. The Morgan fingerprint density at radius 1 is 1.05 bits per heavy atom. The number of para-hydroxylation sites is 2. The molecule has 0 spiro atoms. The van der Waals surface area contributed by atoms with Crippen molar-refractivity contribution in [3.63, 3.8) is 0 Å². The first-order valence-corrected chi connectivity index (χ1v) is 7.88. The van der Waals surface area contributed by atoms with Crippen LogP contribution in [0.4, 0.5) is 0 Å². The molecule has 3 rings (SSSR count). The molecule has 3 nitrogen and oxygen atoms in total. The molecule has 1 fully saturated rings. The Morgan fingerprint density at radius 3 is 2.55 bits per heavy atom. The van der Waals surface area contributed by atoms with Crippen molar-refractivity contribution >= 4 is 5.91 Å². The van der Waals surface area contributed by atoms with E-state index < -0.39 is 0 Å². The molecule has 1 atom stereocenters. The van der Waals surface area contributed by atoms with Gasteiger partial charge in [-0.05, 0) is 50.5 Å². The minimum absolute atomic E-state index is 0.0683. The topological polar surface area (TPSA) is 29.5 Å². The highest BCUT2D eigenvalue weighted by atomic mass is 16.5. The number of benzene rings is 2. The average molecular weight is 295 g/mol. The fourth-order valence-electron chi connectivity index (χ4n) is 2.90. The van der Waals surface area contributed by atoms with Gasteiger partial charge < -0.3 is 9.64 Å². The van der Waals surface area contributed by atoms with Crippen LogP contribution in [0.5, 0.6) is 11.5 Å². The lowest BCUT2D eigenvalue weighted by Gasteiger charge is -2.33. The Morgan fingerprint density at radius 2 is 1.77 bits per heavy atom. The van der Waals surface area contributed by atoms with Gasteiger partial charge in [-0.1, -0.05) is 30.3 Å². The van der Waals surface area contributed by atoms with Gasteiger partial charge in [0.25, 0.3) is 5.91 Å². The SMILES string of the molecule is CC1CCCCN1C(=O)c1ccccc1Oc1ccccc1. The number of rotatable bonds is 3. The van der Waals surface area contributed by atoms with Crippen LogP contribution in [0.3, 0.4) is 0 Å². The summed E-state index contributed by atoms with van der Waals surface area (Å²) in [5.74, 6) is 1.43. The lowest BCUT2D eigenvalue weighted by atomic mass is 10.0. The van der Waals surface area contributed by atoms with Crippen LogP contribution in [0.25, 0.3) is 0 Å².